The summed E-state index contributed by atoms with van der Waals surface area (Å²) < 4.78 is 20.9. The number of rotatable bonds is 9. The molecule has 0 aliphatic heterocycles. The molecule has 27 heavy (non-hydrogen) atoms. The monoisotopic (exact) mass is 373 g/mol. The van der Waals surface area contributed by atoms with Gasteiger partial charge in [-0.2, -0.15) is 0 Å². The number of benzene rings is 2. The van der Waals surface area contributed by atoms with E-state index in [1.165, 1.54) is 28.4 Å². The molecule has 7 heteroatoms. The molecule has 2 aromatic carbocycles. The minimum Gasteiger partial charge on any atom is -0.497 e. The summed E-state index contributed by atoms with van der Waals surface area (Å²) in [6.45, 7) is 0. The summed E-state index contributed by atoms with van der Waals surface area (Å²) in [7, 11) is 6.03. The van der Waals surface area contributed by atoms with Crippen molar-refractivity contribution in [2.75, 3.05) is 33.8 Å². The van der Waals surface area contributed by atoms with Crippen LogP contribution in [-0.4, -0.2) is 40.1 Å². The molecule has 1 N–H and O–H groups in total. The van der Waals surface area contributed by atoms with Crippen molar-refractivity contribution in [3.8, 4) is 23.0 Å². The summed E-state index contributed by atoms with van der Waals surface area (Å²) in [6.07, 6.45) is 0.135. The summed E-state index contributed by atoms with van der Waals surface area (Å²) in [6, 6.07) is 10.1. The maximum absolute atomic E-state index is 12.3. The lowest BCUT2D eigenvalue weighted by molar-refractivity contribution is -0.116. The molecule has 0 heterocycles. The summed E-state index contributed by atoms with van der Waals surface area (Å²) >= 11 is 0. The molecule has 7 nitrogen and oxygen atoms in total. The van der Waals surface area contributed by atoms with Gasteiger partial charge in [0.2, 0.25) is 11.7 Å². The predicted octanol–water partition coefficient (Wildman–Crippen LogP) is 3.32. The fourth-order valence-electron chi connectivity index (χ4n) is 2.54. The van der Waals surface area contributed by atoms with E-state index in [9.17, 15) is 9.59 Å². The minimum absolute atomic E-state index is 0.0483. The highest BCUT2D eigenvalue weighted by Gasteiger charge is 2.15. The fraction of sp³-hybridized carbons (Fsp3) is 0.300. The number of Topliss-reactive ketones (excluding diaryl/α,β-unsaturated/α-hetero) is 1. The van der Waals surface area contributed by atoms with Crippen molar-refractivity contribution in [1.82, 2.24) is 0 Å². The Morgan fingerprint density at radius 3 is 2.07 bits per heavy atom. The minimum atomic E-state index is -0.291. The SMILES string of the molecule is COc1cccc(C(=O)CCC(=O)Nc2cc(OC)c(OC)c(OC)c2)c1. The van der Waals surface area contributed by atoms with E-state index >= 15 is 0 Å². The Morgan fingerprint density at radius 1 is 0.852 bits per heavy atom. The van der Waals surface area contributed by atoms with E-state index < -0.39 is 0 Å². The first-order valence-corrected chi connectivity index (χ1v) is 8.29. The third kappa shape index (κ3) is 5.13. The van der Waals surface area contributed by atoms with Gasteiger partial charge >= 0.3 is 0 Å². The van der Waals surface area contributed by atoms with Crippen LogP contribution in [0.5, 0.6) is 23.0 Å². The second-order valence-corrected chi connectivity index (χ2v) is 5.62. The van der Waals surface area contributed by atoms with Gasteiger partial charge in [-0.3, -0.25) is 9.59 Å². The Labute approximate surface area is 158 Å². The topological polar surface area (TPSA) is 83.1 Å². The van der Waals surface area contributed by atoms with Crippen LogP contribution < -0.4 is 24.3 Å². The Balaban J connectivity index is 2.02. The number of hydrogen-bond acceptors (Lipinski definition) is 6. The summed E-state index contributed by atoms with van der Waals surface area (Å²) in [5.74, 6) is 1.47. The van der Waals surface area contributed by atoms with Crippen molar-refractivity contribution in [3.05, 3.63) is 42.0 Å². The molecular formula is C20H23NO6. The van der Waals surface area contributed by atoms with Gasteiger partial charge in [0, 0.05) is 36.2 Å². The smallest absolute Gasteiger partial charge is 0.224 e. The molecule has 0 aromatic heterocycles. The van der Waals surface area contributed by atoms with Gasteiger partial charge in [0.1, 0.15) is 5.75 Å². The Hall–Kier alpha value is -3.22. The number of ether oxygens (including phenoxy) is 4. The molecule has 0 spiro atoms. The van der Waals surface area contributed by atoms with Crippen molar-refractivity contribution >= 4 is 17.4 Å². The Bertz CT molecular complexity index is 793. The van der Waals surface area contributed by atoms with Crippen LogP contribution in [0.2, 0.25) is 0 Å². The second-order valence-electron chi connectivity index (χ2n) is 5.62. The van der Waals surface area contributed by atoms with Gasteiger partial charge in [0.05, 0.1) is 28.4 Å². The van der Waals surface area contributed by atoms with Gasteiger partial charge in [0.15, 0.2) is 17.3 Å². The number of nitrogens with one attached hydrogen (secondary N) is 1. The van der Waals surface area contributed by atoms with Crippen LogP contribution in [0.15, 0.2) is 36.4 Å². The zero-order valence-corrected chi connectivity index (χ0v) is 15.8. The highest BCUT2D eigenvalue weighted by Crippen LogP contribution is 2.39. The maximum atomic E-state index is 12.3. The van der Waals surface area contributed by atoms with E-state index in [2.05, 4.69) is 5.32 Å². The van der Waals surface area contributed by atoms with Crippen molar-refractivity contribution < 1.29 is 28.5 Å². The third-order valence-electron chi connectivity index (χ3n) is 3.92. The standard InChI is InChI=1S/C20H23NO6/c1-24-15-7-5-6-13(10-15)16(22)8-9-19(23)21-14-11-17(25-2)20(27-4)18(12-14)26-3/h5-7,10-12H,8-9H2,1-4H3,(H,21,23). The van der Waals surface area contributed by atoms with Crippen molar-refractivity contribution in [2.45, 2.75) is 12.8 Å². The van der Waals surface area contributed by atoms with E-state index in [0.29, 0.717) is 34.2 Å². The lowest BCUT2D eigenvalue weighted by Gasteiger charge is -2.14. The largest absolute Gasteiger partial charge is 0.497 e. The summed E-state index contributed by atoms with van der Waals surface area (Å²) in [4.78, 5) is 24.5. The van der Waals surface area contributed by atoms with Gasteiger partial charge in [0.25, 0.3) is 0 Å². The van der Waals surface area contributed by atoms with Gasteiger partial charge in [-0.1, -0.05) is 12.1 Å². The molecule has 0 saturated carbocycles. The molecule has 0 aliphatic rings. The van der Waals surface area contributed by atoms with E-state index in [-0.39, 0.29) is 24.5 Å². The molecule has 1 amide bonds. The van der Waals surface area contributed by atoms with Gasteiger partial charge in [-0.05, 0) is 12.1 Å². The molecule has 0 fully saturated rings. The lowest BCUT2D eigenvalue weighted by atomic mass is 10.1. The first-order chi connectivity index (χ1) is 13.0. The zero-order chi connectivity index (χ0) is 19.8. The molecule has 0 bridgehead atoms. The van der Waals surface area contributed by atoms with Crippen molar-refractivity contribution in [2.24, 2.45) is 0 Å². The quantitative estimate of drug-likeness (QED) is 0.679. The normalized spacial score (nSPS) is 10.1. The predicted molar refractivity (Wildman–Crippen MR) is 101 cm³/mol. The van der Waals surface area contributed by atoms with Crippen LogP contribution in [0, 0.1) is 0 Å². The third-order valence-corrected chi connectivity index (χ3v) is 3.92. The Kier molecular flexibility index (Phi) is 7.05. The molecule has 0 saturated heterocycles. The van der Waals surface area contributed by atoms with E-state index in [1.54, 1.807) is 36.4 Å². The lowest BCUT2D eigenvalue weighted by Crippen LogP contribution is -2.14. The summed E-state index contributed by atoms with van der Waals surface area (Å²) in [5.41, 5.74) is 0.998. The van der Waals surface area contributed by atoms with Crippen LogP contribution in [0.1, 0.15) is 23.2 Å². The van der Waals surface area contributed by atoms with E-state index in [4.69, 9.17) is 18.9 Å². The number of anilines is 1. The highest BCUT2D eigenvalue weighted by atomic mass is 16.5. The molecule has 0 radical (unpaired) electrons. The van der Waals surface area contributed by atoms with Crippen LogP contribution in [0.3, 0.4) is 0 Å². The molecule has 0 unspecified atom stereocenters. The Morgan fingerprint density at radius 2 is 1.52 bits per heavy atom. The number of hydrogen-bond donors (Lipinski definition) is 1. The second kappa shape index (κ2) is 9.47. The maximum Gasteiger partial charge on any atom is 0.224 e. The fourth-order valence-corrected chi connectivity index (χ4v) is 2.54. The molecule has 0 atom stereocenters. The average Bonchev–Trinajstić information content (AvgIpc) is 2.71. The van der Waals surface area contributed by atoms with Crippen LogP contribution in [-0.2, 0) is 4.79 Å². The highest BCUT2D eigenvalue weighted by molar-refractivity contribution is 6.00. The first-order valence-electron chi connectivity index (χ1n) is 8.29. The van der Waals surface area contributed by atoms with E-state index in [0.717, 1.165) is 0 Å². The number of amides is 1. The number of methoxy groups -OCH3 is 4. The van der Waals surface area contributed by atoms with Crippen molar-refractivity contribution in [1.29, 1.82) is 0 Å². The summed E-state index contributed by atoms with van der Waals surface area (Å²) in [5, 5.41) is 2.74. The van der Waals surface area contributed by atoms with Gasteiger partial charge in [-0.25, -0.2) is 0 Å². The van der Waals surface area contributed by atoms with Crippen molar-refractivity contribution in [3.63, 3.8) is 0 Å². The molecular weight excluding hydrogens is 350 g/mol. The number of carbonyl (C=O) groups is 2. The van der Waals surface area contributed by atoms with Crippen LogP contribution in [0.25, 0.3) is 0 Å². The van der Waals surface area contributed by atoms with Gasteiger partial charge in [-0.15, -0.1) is 0 Å². The van der Waals surface area contributed by atoms with Crippen LogP contribution in [0.4, 0.5) is 5.69 Å². The molecule has 2 aromatic rings. The first kappa shape index (κ1) is 20.1. The number of carbonyl (C=O) groups excluding carboxylic acids is 2. The average molecular weight is 373 g/mol. The number of ketones is 1. The molecule has 2 rings (SSSR count). The van der Waals surface area contributed by atoms with E-state index in [1.807, 2.05) is 0 Å². The molecule has 144 valence electrons. The zero-order valence-electron chi connectivity index (χ0n) is 15.8. The molecule has 0 aliphatic carbocycles. The van der Waals surface area contributed by atoms with Gasteiger partial charge < -0.3 is 24.3 Å². The van der Waals surface area contributed by atoms with Crippen LogP contribution >= 0.6 is 0 Å².